The molecule has 0 atom stereocenters. The van der Waals surface area contributed by atoms with E-state index in [2.05, 4.69) is 15.9 Å². The van der Waals surface area contributed by atoms with Crippen LogP contribution in [-0.4, -0.2) is 32.6 Å². The maximum absolute atomic E-state index is 5.00. The highest BCUT2D eigenvalue weighted by Gasteiger charge is 2.27. The number of alkyl halides is 1. The van der Waals surface area contributed by atoms with Gasteiger partial charge >= 0.3 is 0 Å². The average Bonchev–Trinajstić information content (AvgIpc) is 2.01. The molecule has 0 aromatic rings. The van der Waals surface area contributed by atoms with Crippen LogP contribution < -0.4 is 0 Å². The lowest BCUT2D eigenvalue weighted by Gasteiger charge is -2.27. The molecule has 0 radical (unpaired) electrons. The summed E-state index contributed by atoms with van der Waals surface area (Å²) in [5, 5.41) is 0.780. The van der Waals surface area contributed by atoms with Crippen LogP contribution >= 0.6 is 15.9 Å². The Morgan fingerprint density at radius 3 is 1.60 bits per heavy atom. The van der Waals surface area contributed by atoms with Crippen LogP contribution in [0.1, 0.15) is 6.42 Å². The molecule has 0 aliphatic heterocycles. The van der Waals surface area contributed by atoms with Gasteiger partial charge in [-0.3, -0.25) is 0 Å². The number of hydrogen-bond donors (Lipinski definition) is 0. The molecule has 0 aromatic heterocycles. The number of methoxy groups -OCH3 is 3. The van der Waals surface area contributed by atoms with Gasteiger partial charge in [0.15, 0.2) is 0 Å². The molecule has 0 amide bonds. The monoisotopic (exact) mass is 212 g/mol. The van der Waals surface area contributed by atoms with Gasteiger partial charge in [0.2, 0.25) is 0 Å². The molecule has 0 aliphatic rings. The van der Waals surface area contributed by atoms with E-state index in [0.717, 1.165) is 5.33 Å². The lowest BCUT2D eigenvalue weighted by Crippen LogP contribution is -2.36. The molecule has 10 heavy (non-hydrogen) atoms. The Hall–Kier alpha value is 0.360. The maximum Gasteiger partial charge on any atom is 0.282 e. The summed E-state index contributed by atoms with van der Waals surface area (Å²) in [6.07, 6.45) is 0.663. The minimum absolute atomic E-state index is 0.663. The molecule has 0 rings (SSSR count). The third kappa shape index (κ3) is 2.54. The van der Waals surface area contributed by atoms with E-state index in [1.807, 2.05) is 0 Å². The predicted molar refractivity (Wildman–Crippen MR) is 42.2 cm³/mol. The summed E-state index contributed by atoms with van der Waals surface area (Å²) in [5.74, 6) is -0.872. The Balaban J connectivity index is 3.87. The van der Waals surface area contributed by atoms with Crippen LogP contribution in [0.25, 0.3) is 0 Å². The summed E-state index contributed by atoms with van der Waals surface area (Å²) < 4.78 is 15.0. The number of halogens is 1. The van der Waals surface area contributed by atoms with Crippen molar-refractivity contribution >= 4 is 15.9 Å². The van der Waals surface area contributed by atoms with Gasteiger partial charge in [-0.15, -0.1) is 0 Å². The van der Waals surface area contributed by atoms with Crippen LogP contribution in [0.15, 0.2) is 0 Å². The predicted octanol–water partition coefficient (Wildman–Crippen LogP) is 1.36. The lowest BCUT2D eigenvalue weighted by molar-refractivity contribution is -0.352. The van der Waals surface area contributed by atoms with E-state index in [-0.39, 0.29) is 0 Å². The molecule has 4 heteroatoms. The zero-order chi connectivity index (χ0) is 8.04. The second kappa shape index (κ2) is 5.07. The van der Waals surface area contributed by atoms with Gasteiger partial charge in [0.05, 0.1) is 0 Å². The lowest BCUT2D eigenvalue weighted by atomic mass is 10.4. The van der Waals surface area contributed by atoms with Crippen molar-refractivity contribution < 1.29 is 14.2 Å². The molecule has 0 heterocycles. The minimum Gasteiger partial charge on any atom is -0.331 e. The van der Waals surface area contributed by atoms with Gasteiger partial charge in [-0.2, -0.15) is 0 Å². The smallest absolute Gasteiger partial charge is 0.282 e. The largest absolute Gasteiger partial charge is 0.331 e. The van der Waals surface area contributed by atoms with Gasteiger partial charge < -0.3 is 14.2 Å². The first-order valence-corrected chi connectivity index (χ1v) is 4.08. The SMILES string of the molecule is COC(CCBr)(OC)OC. The van der Waals surface area contributed by atoms with E-state index in [0.29, 0.717) is 6.42 Å². The van der Waals surface area contributed by atoms with Gasteiger partial charge in [-0.1, -0.05) is 15.9 Å². The first-order valence-electron chi connectivity index (χ1n) is 2.96. The van der Waals surface area contributed by atoms with Crippen molar-refractivity contribution in [1.82, 2.24) is 0 Å². The average molecular weight is 213 g/mol. The van der Waals surface area contributed by atoms with Crippen LogP contribution in [0.3, 0.4) is 0 Å². The third-order valence-electron chi connectivity index (χ3n) is 1.33. The highest BCUT2D eigenvalue weighted by Crippen LogP contribution is 2.17. The molecule has 0 saturated carbocycles. The molecule has 0 aliphatic carbocycles. The molecular formula is C6H13BrO3. The van der Waals surface area contributed by atoms with Crippen molar-refractivity contribution in [2.45, 2.75) is 12.4 Å². The van der Waals surface area contributed by atoms with Crippen molar-refractivity contribution in [3.05, 3.63) is 0 Å². The maximum atomic E-state index is 5.00. The molecule has 0 N–H and O–H groups in total. The van der Waals surface area contributed by atoms with Crippen LogP contribution in [0.2, 0.25) is 0 Å². The standard InChI is InChI=1S/C6H13BrO3/c1-8-6(9-2,10-3)4-5-7/h4-5H2,1-3H3. The van der Waals surface area contributed by atoms with E-state index in [4.69, 9.17) is 14.2 Å². The van der Waals surface area contributed by atoms with Gasteiger partial charge in [-0.25, -0.2) is 0 Å². The molecule has 0 bridgehead atoms. The van der Waals surface area contributed by atoms with Crippen molar-refractivity contribution in [2.75, 3.05) is 26.7 Å². The highest BCUT2D eigenvalue weighted by atomic mass is 79.9. The molecule has 0 saturated heterocycles. The highest BCUT2D eigenvalue weighted by molar-refractivity contribution is 9.09. The van der Waals surface area contributed by atoms with E-state index in [1.165, 1.54) is 0 Å². The van der Waals surface area contributed by atoms with E-state index >= 15 is 0 Å². The third-order valence-corrected chi connectivity index (χ3v) is 1.73. The Morgan fingerprint density at radius 2 is 1.50 bits per heavy atom. The number of rotatable bonds is 5. The summed E-state index contributed by atoms with van der Waals surface area (Å²) in [6.45, 7) is 0. The first kappa shape index (κ1) is 10.4. The van der Waals surface area contributed by atoms with Crippen molar-refractivity contribution in [3.8, 4) is 0 Å². The summed E-state index contributed by atoms with van der Waals surface area (Å²) in [6, 6.07) is 0. The second-order valence-electron chi connectivity index (χ2n) is 1.73. The van der Waals surface area contributed by atoms with E-state index < -0.39 is 5.97 Å². The van der Waals surface area contributed by atoms with Crippen molar-refractivity contribution in [2.24, 2.45) is 0 Å². The van der Waals surface area contributed by atoms with Gasteiger partial charge in [0, 0.05) is 33.1 Å². The zero-order valence-electron chi connectivity index (χ0n) is 6.52. The van der Waals surface area contributed by atoms with E-state index in [9.17, 15) is 0 Å². The Bertz CT molecular complexity index is 74.8. The van der Waals surface area contributed by atoms with Crippen molar-refractivity contribution in [3.63, 3.8) is 0 Å². The summed E-state index contributed by atoms with van der Waals surface area (Å²) in [5.41, 5.74) is 0. The zero-order valence-corrected chi connectivity index (χ0v) is 8.10. The second-order valence-corrected chi connectivity index (χ2v) is 2.53. The topological polar surface area (TPSA) is 27.7 Å². The molecule has 0 unspecified atom stereocenters. The minimum atomic E-state index is -0.872. The molecule has 0 aromatic carbocycles. The van der Waals surface area contributed by atoms with Crippen LogP contribution in [-0.2, 0) is 14.2 Å². The molecule has 3 nitrogen and oxygen atoms in total. The number of ether oxygens (including phenoxy) is 3. The fourth-order valence-electron chi connectivity index (χ4n) is 0.672. The van der Waals surface area contributed by atoms with Crippen LogP contribution in [0.4, 0.5) is 0 Å². The number of hydrogen-bond acceptors (Lipinski definition) is 3. The van der Waals surface area contributed by atoms with Crippen molar-refractivity contribution in [1.29, 1.82) is 0 Å². The summed E-state index contributed by atoms with van der Waals surface area (Å²) in [4.78, 5) is 0. The quantitative estimate of drug-likeness (QED) is 0.509. The van der Waals surface area contributed by atoms with Crippen LogP contribution in [0, 0.1) is 0 Å². The normalized spacial score (nSPS) is 12.0. The fraction of sp³-hybridized carbons (Fsp3) is 1.00. The van der Waals surface area contributed by atoms with Crippen LogP contribution in [0.5, 0.6) is 0 Å². The Labute approximate surface area is 69.8 Å². The Morgan fingerprint density at radius 1 is 1.10 bits per heavy atom. The molecular weight excluding hydrogens is 200 g/mol. The molecule has 0 spiro atoms. The Kier molecular flexibility index (Phi) is 5.25. The van der Waals surface area contributed by atoms with Gasteiger partial charge in [0.1, 0.15) is 0 Å². The fourth-order valence-corrected chi connectivity index (χ4v) is 1.16. The first-order chi connectivity index (χ1) is 4.74. The summed E-state index contributed by atoms with van der Waals surface area (Å²) in [7, 11) is 4.65. The molecule has 62 valence electrons. The van der Waals surface area contributed by atoms with Gasteiger partial charge in [0.25, 0.3) is 5.97 Å². The summed E-state index contributed by atoms with van der Waals surface area (Å²) >= 11 is 3.27. The molecule has 0 fully saturated rings. The van der Waals surface area contributed by atoms with Gasteiger partial charge in [-0.05, 0) is 0 Å². The van der Waals surface area contributed by atoms with E-state index in [1.54, 1.807) is 21.3 Å².